The van der Waals surface area contributed by atoms with Crippen molar-refractivity contribution in [3.63, 3.8) is 0 Å². The molecule has 13 heavy (non-hydrogen) atoms. The lowest BCUT2D eigenvalue weighted by molar-refractivity contribution is 0.195. The molecule has 5 nitrogen and oxygen atoms in total. The molecule has 72 valence electrons. The van der Waals surface area contributed by atoms with Crippen LogP contribution in [0.5, 0.6) is 0 Å². The van der Waals surface area contributed by atoms with Crippen LogP contribution in [-0.4, -0.2) is 29.0 Å². The number of anilines is 2. The van der Waals surface area contributed by atoms with Crippen molar-refractivity contribution in [3.8, 4) is 0 Å². The van der Waals surface area contributed by atoms with Crippen molar-refractivity contribution in [1.29, 1.82) is 0 Å². The van der Waals surface area contributed by atoms with Gasteiger partial charge in [-0.3, -0.25) is 4.68 Å². The maximum absolute atomic E-state index is 5.73. The summed E-state index contributed by atoms with van der Waals surface area (Å²) in [6, 6.07) is 0.359. The topological polar surface area (TPSA) is 65.1 Å². The van der Waals surface area contributed by atoms with Gasteiger partial charge in [0.05, 0.1) is 18.3 Å². The molecule has 1 fully saturated rings. The molecule has 1 saturated heterocycles. The third-order valence-electron chi connectivity index (χ3n) is 2.13. The average Bonchev–Trinajstić information content (AvgIpc) is 2.63. The molecule has 0 bridgehead atoms. The Morgan fingerprint density at radius 2 is 2.62 bits per heavy atom. The lowest BCUT2D eigenvalue weighted by Gasteiger charge is -2.09. The highest BCUT2D eigenvalue weighted by atomic mass is 16.5. The maximum atomic E-state index is 5.73. The van der Waals surface area contributed by atoms with E-state index in [0.29, 0.717) is 11.7 Å². The van der Waals surface area contributed by atoms with E-state index in [2.05, 4.69) is 10.4 Å². The Morgan fingerprint density at radius 3 is 3.15 bits per heavy atom. The van der Waals surface area contributed by atoms with Crippen molar-refractivity contribution in [2.75, 3.05) is 24.3 Å². The van der Waals surface area contributed by atoms with Gasteiger partial charge >= 0.3 is 0 Å². The molecule has 5 heteroatoms. The molecule has 1 aliphatic heterocycles. The van der Waals surface area contributed by atoms with E-state index in [1.807, 2.05) is 7.05 Å². The zero-order valence-electron chi connectivity index (χ0n) is 7.66. The lowest BCUT2D eigenvalue weighted by Crippen LogP contribution is -2.19. The van der Waals surface area contributed by atoms with Gasteiger partial charge in [0.1, 0.15) is 0 Å². The summed E-state index contributed by atoms with van der Waals surface area (Å²) >= 11 is 0. The molecular weight excluding hydrogens is 168 g/mol. The molecule has 2 heterocycles. The highest BCUT2D eigenvalue weighted by Gasteiger charge is 2.17. The van der Waals surface area contributed by atoms with Gasteiger partial charge in [0.15, 0.2) is 5.82 Å². The highest BCUT2D eigenvalue weighted by molar-refractivity contribution is 5.60. The van der Waals surface area contributed by atoms with Crippen LogP contribution in [0.1, 0.15) is 6.42 Å². The second-order valence-electron chi connectivity index (χ2n) is 3.31. The standard InChI is InChI=1S/C8H14N4O/c1-12-4-7(9)8(11-12)10-6-2-3-13-5-6/h4,6H,2-3,5,9H2,1H3,(H,10,11). The SMILES string of the molecule is Cn1cc(N)c(NC2CCOC2)n1. The number of hydrogen-bond donors (Lipinski definition) is 2. The van der Waals surface area contributed by atoms with Crippen molar-refractivity contribution in [3.05, 3.63) is 6.20 Å². The number of nitrogens with two attached hydrogens (primary N) is 1. The van der Waals surface area contributed by atoms with Crippen molar-refractivity contribution in [2.24, 2.45) is 7.05 Å². The van der Waals surface area contributed by atoms with Gasteiger partial charge in [-0.15, -0.1) is 0 Å². The van der Waals surface area contributed by atoms with Gasteiger partial charge in [-0.25, -0.2) is 0 Å². The zero-order valence-corrected chi connectivity index (χ0v) is 7.66. The summed E-state index contributed by atoms with van der Waals surface area (Å²) in [7, 11) is 1.85. The third kappa shape index (κ3) is 1.75. The van der Waals surface area contributed by atoms with Gasteiger partial charge in [0.2, 0.25) is 0 Å². The summed E-state index contributed by atoms with van der Waals surface area (Å²) in [6.45, 7) is 1.57. The van der Waals surface area contributed by atoms with Crippen LogP contribution in [-0.2, 0) is 11.8 Å². The number of aryl methyl sites for hydroxylation is 1. The molecule has 3 N–H and O–H groups in total. The summed E-state index contributed by atoms with van der Waals surface area (Å²) in [5, 5.41) is 7.45. The monoisotopic (exact) mass is 182 g/mol. The Bertz CT molecular complexity index is 290. The summed E-state index contributed by atoms with van der Waals surface area (Å²) < 4.78 is 6.94. The zero-order chi connectivity index (χ0) is 9.26. The molecule has 1 unspecified atom stereocenters. The van der Waals surface area contributed by atoms with Gasteiger partial charge < -0.3 is 15.8 Å². The largest absolute Gasteiger partial charge is 0.394 e. The minimum absolute atomic E-state index is 0.359. The molecule has 2 rings (SSSR count). The van der Waals surface area contributed by atoms with Gasteiger partial charge in [-0.1, -0.05) is 0 Å². The normalized spacial score (nSPS) is 22.1. The highest BCUT2D eigenvalue weighted by Crippen LogP contribution is 2.18. The first-order valence-corrected chi connectivity index (χ1v) is 4.39. The Hall–Kier alpha value is -1.23. The molecule has 0 saturated carbocycles. The Morgan fingerprint density at radius 1 is 1.77 bits per heavy atom. The molecule has 0 amide bonds. The molecule has 0 aromatic carbocycles. The molecule has 1 aromatic rings. The first kappa shape index (κ1) is 8.37. The van der Waals surface area contributed by atoms with Crippen LogP contribution in [0.2, 0.25) is 0 Å². The van der Waals surface area contributed by atoms with E-state index in [4.69, 9.17) is 10.5 Å². The number of nitrogens with zero attached hydrogens (tertiary/aromatic N) is 2. The van der Waals surface area contributed by atoms with Crippen LogP contribution >= 0.6 is 0 Å². The fourth-order valence-electron chi connectivity index (χ4n) is 1.46. The number of ether oxygens (including phenoxy) is 1. The maximum Gasteiger partial charge on any atom is 0.171 e. The van der Waals surface area contributed by atoms with Gasteiger partial charge in [0, 0.05) is 19.9 Å². The van der Waals surface area contributed by atoms with Crippen LogP contribution < -0.4 is 11.1 Å². The lowest BCUT2D eigenvalue weighted by atomic mass is 10.2. The molecule has 1 aromatic heterocycles. The molecule has 0 aliphatic carbocycles. The van der Waals surface area contributed by atoms with E-state index >= 15 is 0 Å². The van der Waals surface area contributed by atoms with Crippen LogP contribution in [0.15, 0.2) is 6.20 Å². The van der Waals surface area contributed by atoms with Crippen LogP contribution in [0.25, 0.3) is 0 Å². The summed E-state index contributed by atoms with van der Waals surface area (Å²) in [5.74, 6) is 0.762. The van der Waals surface area contributed by atoms with Crippen LogP contribution in [0.4, 0.5) is 11.5 Å². The minimum Gasteiger partial charge on any atom is -0.394 e. The van der Waals surface area contributed by atoms with Crippen molar-refractivity contribution < 1.29 is 4.74 Å². The van der Waals surface area contributed by atoms with E-state index < -0.39 is 0 Å². The van der Waals surface area contributed by atoms with Gasteiger partial charge in [-0.05, 0) is 6.42 Å². The Kier molecular flexibility index (Phi) is 2.10. The molecule has 1 aliphatic rings. The molecule has 0 radical (unpaired) electrons. The Balaban J connectivity index is 2.03. The predicted molar refractivity (Wildman–Crippen MR) is 50.5 cm³/mol. The first-order chi connectivity index (χ1) is 6.25. The Labute approximate surface area is 76.9 Å². The first-order valence-electron chi connectivity index (χ1n) is 4.39. The molecular formula is C8H14N4O. The number of aromatic nitrogens is 2. The molecule has 1 atom stereocenters. The number of nitrogen functional groups attached to an aromatic ring is 1. The fraction of sp³-hybridized carbons (Fsp3) is 0.625. The van der Waals surface area contributed by atoms with Crippen molar-refractivity contribution >= 4 is 11.5 Å². The van der Waals surface area contributed by atoms with Gasteiger partial charge in [0.25, 0.3) is 0 Å². The van der Waals surface area contributed by atoms with Gasteiger partial charge in [-0.2, -0.15) is 5.10 Å². The third-order valence-corrected chi connectivity index (χ3v) is 2.13. The number of hydrogen-bond acceptors (Lipinski definition) is 4. The second-order valence-corrected chi connectivity index (χ2v) is 3.31. The average molecular weight is 182 g/mol. The van der Waals surface area contributed by atoms with Crippen LogP contribution in [0.3, 0.4) is 0 Å². The van der Waals surface area contributed by atoms with Crippen molar-refractivity contribution in [1.82, 2.24) is 9.78 Å². The minimum atomic E-state index is 0.359. The van der Waals surface area contributed by atoms with E-state index in [1.165, 1.54) is 0 Å². The van der Waals surface area contributed by atoms with E-state index in [1.54, 1.807) is 10.9 Å². The van der Waals surface area contributed by atoms with Crippen LogP contribution in [0, 0.1) is 0 Å². The number of rotatable bonds is 2. The second kappa shape index (κ2) is 3.26. The summed E-state index contributed by atoms with van der Waals surface area (Å²) in [5.41, 5.74) is 6.42. The molecule has 0 spiro atoms. The summed E-state index contributed by atoms with van der Waals surface area (Å²) in [6.07, 6.45) is 2.81. The van der Waals surface area contributed by atoms with E-state index in [0.717, 1.165) is 25.5 Å². The smallest absolute Gasteiger partial charge is 0.171 e. The number of nitrogens with one attached hydrogen (secondary N) is 1. The quantitative estimate of drug-likeness (QED) is 0.686. The predicted octanol–water partition coefficient (Wildman–Crippen LogP) is 0.203. The van der Waals surface area contributed by atoms with E-state index in [-0.39, 0.29) is 0 Å². The van der Waals surface area contributed by atoms with Crippen molar-refractivity contribution in [2.45, 2.75) is 12.5 Å². The van der Waals surface area contributed by atoms with E-state index in [9.17, 15) is 0 Å². The fourth-order valence-corrected chi connectivity index (χ4v) is 1.46. The summed E-state index contributed by atoms with van der Waals surface area (Å²) in [4.78, 5) is 0.